The van der Waals surface area contributed by atoms with Crippen molar-refractivity contribution in [3.63, 3.8) is 0 Å². The summed E-state index contributed by atoms with van der Waals surface area (Å²) in [5.41, 5.74) is -1.65. The lowest BCUT2D eigenvalue weighted by Crippen LogP contribution is -2.34. The number of carbonyl (C=O) groups is 1. The van der Waals surface area contributed by atoms with Gasteiger partial charge in [-0.05, 0) is 31.0 Å². The summed E-state index contributed by atoms with van der Waals surface area (Å²) in [6.07, 6.45) is -2.70. The zero-order valence-corrected chi connectivity index (χ0v) is 18.0. The fourth-order valence-corrected chi connectivity index (χ4v) is 5.28. The average molecular weight is 459 g/mol. The molecule has 0 heterocycles. The van der Waals surface area contributed by atoms with E-state index in [2.05, 4.69) is 0 Å². The van der Waals surface area contributed by atoms with Crippen LogP contribution in [0.3, 0.4) is 0 Å². The van der Waals surface area contributed by atoms with E-state index in [0.717, 1.165) is 17.3 Å². The minimum absolute atomic E-state index is 0.145. The third kappa shape index (κ3) is 6.68. The molecular weight excluding hydrogens is 433 g/mol. The van der Waals surface area contributed by atoms with Crippen LogP contribution in [0.15, 0.2) is 28.0 Å². The average Bonchev–Trinajstić information content (AvgIpc) is 2.59. The van der Waals surface area contributed by atoms with E-state index in [1.54, 1.807) is 0 Å². The molecule has 0 atom stereocenters. The maximum Gasteiger partial charge on any atom is 0.417 e. The van der Waals surface area contributed by atoms with E-state index in [4.69, 9.17) is 0 Å². The fourth-order valence-electron chi connectivity index (χ4n) is 2.54. The summed E-state index contributed by atoms with van der Waals surface area (Å²) < 4.78 is 93.1. The second-order valence-corrected chi connectivity index (χ2v) is 10.0. The van der Waals surface area contributed by atoms with Gasteiger partial charge in [0.05, 0.1) is 15.4 Å². The van der Waals surface area contributed by atoms with Crippen LogP contribution in [-0.4, -0.2) is 40.1 Å². The summed E-state index contributed by atoms with van der Waals surface area (Å²) in [6.45, 7) is 4.84. The lowest BCUT2D eigenvalue weighted by molar-refractivity contribution is -0.140. The van der Waals surface area contributed by atoms with Gasteiger partial charge in [0, 0.05) is 20.0 Å². The maximum absolute atomic E-state index is 13.5. The Labute approximate surface area is 169 Å². The van der Waals surface area contributed by atoms with E-state index < -0.39 is 47.5 Å². The Kier molecular flexibility index (Phi) is 8.66. The number of hydrogen-bond acceptors (Lipinski definition) is 5. The van der Waals surface area contributed by atoms with E-state index in [1.807, 2.05) is 13.8 Å². The number of sulfonamides is 2. The van der Waals surface area contributed by atoms with Gasteiger partial charge in [-0.3, -0.25) is 4.79 Å². The van der Waals surface area contributed by atoms with E-state index in [1.165, 1.54) is 4.72 Å². The molecule has 29 heavy (non-hydrogen) atoms. The predicted molar refractivity (Wildman–Crippen MR) is 101 cm³/mol. The molecule has 0 fully saturated rings. The van der Waals surface area contributed by atoms with E-state index in [9.17, 15) is 34.8 Å². The second-order valence-electron chi connectivity index (χ2n) is 6.43. The second kappa shape index (κ2) is 9.90. The maximum atomic E-state index is 13.5. The molecule has 1 amide bonds. The molecule has 12 heteroatoms. The van der Waals surface area contributed by atoms with Crippen molar-refractivity contribution in [3.8, 4) is 0 Å². The number of benzene rings is 1. The van der Waals surface area contributed by atoms with Gasteiger partial charge in [-0.2, -0.15) is 17.5 Å². The van der Waals surface area contributed by atoms with Crippen LogP contribution in [0.2, 0.25) is 0 Å². The zero-order chi connectivity index (χ0) is 22.5. The van der Waals surface area contributed by atoms with E-state index >= 15 is 0 Å². The molecular formula is C17H25F3N2O5S2. The molecule has 0 radical (unpaired) electrons. The van der Waals surface area contributed by atoms with Gasteiger partial charge in [0.2, 0.25) is 15.9 Å². The fraction of sp³-hybridized carbons (Fsp3) is 0.588. The molecule has 1 aromatic carbocycles. The molecule has 1 rings (SSSR count). The summed E-state index contributed by atoms with van der Waals surface area (Å²) in [6, 6.07) is 1.66. The van der Waals surface area contributed by atoms with Crippen molar-refractivity contribution < 1.29 is 34.8 Å². The predicted octanol–water partition coefficient (Wildman–Crippen LogP) is 3.12. The molecule has 1 N–H and O–H groups in total. The van der Waals surface area contributed by atoms with Gasteiger partial charge < -0.3 is 0 Å². The van der Waals surface area contributed by atoms with Crippen LogP contribution in [0.4, 0.5) is 13.2 Å². The number of halogens is 3. The molecule has 0 aliphatic rings. The minimum Gasteiger partial charge on any atom is -0.274 e. The Morgan fingerprint density at radius 1 is 1.03 bits per heavy atom. The Morgan fingerprint density at radius 3 is 1.97 bits per heavy atom. The van der Waals surface area contributed by atoms with Crippen molar-refractivity contribution in [2.75, 3.05) is 13.1 Å². The number of amides is 1. The van der Waals surface area contributed by atoms with Gasteiger partial charge in [-0.15, -0.1) is 0 Å². The summed E-state index contributed by atoms with van der Waals surface area (Å²) in [5, 5.41) is 0. The molecule has 1 aromatic rings. The molecule has 0 spiro atoms. The minimum atomic E-state index is -5.15. The first-order chi connectivity index (χ1) is 13.3. The molecule has 7 nitrogen and oxygen atoms in total. The Balaban J connectivity index is 3.55. The summed E-state index contributed by atoms with van der Waals surface area (Å²) in [5.74, 6) is -1.07. The molecule has 0 saturated heterocycles. The standard InChI is InChI=1S/C17H25F3N2O5S2/c1-4-6-10-22(11-7-5-2)29(26,27)14-8-9-16(15(12-14)17(18,19)20)28(24,25)21-13(3)23/h8-9,12H,4-7,10-11H2,1-3H3,(H,21,23). The van der Waals surface area contributed by atoms with Crippen LogP contribution in [0.25, 0.3) is 0 Å². The third-order valence-electron chi connectivity index (χ3n) is 3.98. The quantitative estimate of drug-likeness (QED) is 0.581. The third-order valence-corrected chi connectivity index (χ3v) is 7.37. The Bertz CT molecular complexity index is 921. The van der Waals surface area contributed by atoms with Gasteiger partial charge in [0.25, 0.3) is 10.0 Å². The van der Waals surface area contributed by atoms with E-state index in [0.29, 0.717) is 37.8 Å². The molecule has 0 aromatic heterocycles. The zero-order valence-electron chi connectivity index (χ0n) is 16.4. The highest BCUT2D eigenvalue weighted by molar-refractivity contribution is 7.90. The molecule has 0 aliphatic carbocycles. The normalized spacial score (nSPS) is 12.9. The number of unbranched alkanes of at least 4 members (excludes halogenated alkanes) is 2. The lowest BCUT2D eigenvalue weighted by atomic mass is 10.2. The van der Waals surface area contributed by atoms with Gasteiger partial charge >= 0.3 is 6.18 Å². The lowest BCUT2D eigenvalue weighted by Gasteiger charge is -2.23. The smallest absolute Gasteiger partial charge is 0.274 e. The van der Waals surface area contributed by atoms with Crippen LogP contribution in [0.5, 0.6) is 0 Å². The van der Waals surface area contributed by atoms with Crippen LogP contribution in [0.1, 0.15) is 52.0 Å². The molecule has 0 aliphatic heterocycles. The first-order valence-electron chi connectivity index (χ1n) is 9.02. The highest BCUT2D eigenvalue weighted by Crippen LogP contribution is 2.36. The first-order valence-corrected chi connectivity index (χ1v) is 11.9. The van der Waals surface area contributed by atoms with Gasteiger partial charge in [0.15, 0.2) is 0 Å². The SMILES string of the molecule is CCCCN(CCCC)S(=O)(=O)c1ccc(S(=O)(=O)NC(C)=O)c(C(F)(F)F)c1. The monoisotopic (exact) mass is 458 g/mol. The highest BCUT2D eigenvalue weighted by atomic mass is 32.2. The van der Waals surface area contributed by atoms with Crippen molar-refractivity contribution in [1.82, 2.24) is 9.03 Å². The largest absolute Gasteiger partial charge is 0.417 e. The molecule has 0 unspecified atom stereocenters. The number of alkyl halides is 3. The molecule has 0 bridgehead atoms. The summed E-state index contributed by atoms with van der Waals surface area (Å²) in [4.78, 5) is 9.17. The van der Waals surface area contributed by atoms with E-state index in [-0.39, 0.29) is 13.1 Å². The summed E-state index contributed by atoms with van der Waals surface area (Å²) in [7, 11) is -9.07. The van der Waals surface area contributed by atoms with Gasteiger partial charge in [-0.25, -0.2) is 21.6 Å². The van der Waals surface area contributed by atoms with Crippen LogP contribution < -0.4 is 4.72 Å². The van der Waals surface area contributed by atoms with Crippen molar-refractivity contribution in [1.29, 1.82) is 0 Å². The van der Waals surface area contributed by atoms with Crippen LogP contribution in [0, 0.1) is 0 Å². The van der Waals surface area contributed by atoms with Gasteiger partial charge in [-0.1, -0.05) is 26.7 Å². The van der Waals surface area contributed by atoms with Crippen LogP contribution >= 0.6 is 0 Å². The number of rotatable bonds is 10. The van der Waals surface area contributed by atoms with Crippen LogP contribution in [-0.2, 0) is 31.0 Å². The van der Waals surface area contributed by atoms with Crippen molar-refractivity contribution in [2.45, 2.75) is 62.4 Å². The number of hydrogen-bond donors (Lipinski definition) is 1. The highest BCUT2D eigenvalue weighted by Gasteiger charge is 2.39. The summed E-state index contributed by atoms with van der Waals surface area (Å²) >= 11 is 0. The number of carbonyl (C=O) groups excluding carboxylic acids is 1. The first kappa shape index (κ1) is 25.4. The topological polar surface area (TPSA) is 101 Å². The molecule has 166 valence electrons. The molecule has 0 saturated carbocycles. The Hall–Kier alpha value is -1.66. The van der Waals surface area contributed by atoms with Crippen molar-refractivity contribution in [3.05, 3.63) is 23.8 Å². The van der Waals surface area contributed by atoms with Crippen molar-refractivity contribution >= 4 is 26.0 Å². The number of nitrogens with zero attached hydrogens (tertiary/aromatic N) is 1. The Morgan fingerprint density at radius 2 is 1.55 bits per heavy atom. The van der Waals surface area contributed by atoms with Gasteiger partial charge in [0.1, 0.15) is 0 Å². The number of nitrogens with one attached hydrogen (secondary N) is 1. The van der Waals surface area contributed by atoms with Crippen molar-refractivity contribution in [2.24, 2.45) is 0 Å².